The smallest absolute Gasteiger partial charge is 0.313 e. The number of hydrogen-bond donors (Lipinski definition) is 2. The lowest BCUT2D eigenvalue weighted by atomic mass is 10.5. The summed E-state index contributed by atoms with van der Waals surface area (Å²) in [5.74, 6) is -2.25. The molecule has 1 heterocycles. The molecule has 0 unspecified atom stereocenters. The van der Waals surface area contributed by atoms with Crippen molar-refractivity contribution in [2.45, 2.75) is 0 Å². The van der Waals surface area contributed by atoms with Crippen molar-refractivity contribution in [3.05, 3.63) is 11.0 Å². The summed E-state index contributed by atoms with van der Waals surface area (Å²) in [6, 6.07) is 0. The highest BCUT2D eigenvalue weighted by Crippen LogP contribution is 2.18. The van der Waals surface area contributed by atoms with Crippen LogP contribution in [-0.2, 0) is 14.4 Å². The highest BCUT2D eigenvalue weighted by molar-refractivity contribution is 8.04. The summed E-state index contributed by atoms with van der Waals surface area (Å²) in [4.78, 5) is 31.6. The first-order valence-electron chi connectivity index (χ1n) is 3.01. The van der Waals surface area contributed by atoms with Crippen LogP contribution in [0, 0.1) is 0 Å². The van der Waals surface area contributed by atoms with Gasteiger partial charge in [0.25, 0.3) is 11.8 Å². The van der Waals surface area contributed by atoms with Crippen molar-refractivity contribution in [1.29, 1.82) is 0 Å². The predicted molar refractivity (Wildman–Crippen MR) is 41.3 cm³/mol. The molecule has 1 aliphatic rings. The van der Waals surface area contributed by atoms with Gasteiger partial charge in [0.2, 0.25) is 0 Å². The van der Waals surface area contributed by atoms with E-state index >= 15 is 0 Å². The van der Waals surface area contributed by atoms with Crippen molar-refractivity contribution in [2.24, 2.45) is 0 Å². The fourth-order valence-electron chi connectivity index (χ4n) is 0.641. The van der Waals surface area contributed by atoms with Gasteiger partial charge in [0.1, 0.15) is 0 Å². The molecular weight excluding hydrogens is 182 g/mol. The van der Waals surface area contributed by atoms with Crippen molar-refractivity contribution in [2.75, 3.05) is 5.75 Å². The van der Waals surface area contributed by atoms with E-state index in [4.69, 9.17) is 5.11 Å². The van der Waals surface area contributed by atoms with Crippen molar-refractivity contribution < 1.29 is 19.5 Å². The first-order valence-corrected chi connectivity index (χ1v) is 4.00. The lowest BCUT2D eigenvalue weighted by Crippen LogP contribution is -2.21. The lowest BCUT2D eigenvalue weighted by molar-refractivity contribution is -0.134. The van der Waals surface area contributed by atoms with Gasteiger partial charge in [0, 0.05) is 6.08 Å². The zero-order valence-electron chi connectivity index (χ0n) is 5.86. The maximum absolute atomic E-state index is 10.8. The molecule has 2 amide bonds. The van der Waals surface area contributed by atoms with Crippen LogP contribution in [-0.4, -0.2) is 28.6 Å². The summed E-state index contributed by atoms with van der Waals surface area (Å²) in [5.41, 5.74) is 0. The van der Waals surface area contributed by atoms with E-state index in [1.807, 2.05) is 5.32 Å². The van der Waals surface area contributed by atoms with Gasteiger partial charge in [0.15, 0.2) is 0 Å². The van der Waals surface area contributed by atoms with Crippen LogP contribution in [0.15, 0.2) is 11.0 Å². The van der Waals surface area contributed by atoms with Crippen LogP contribution in [0.4, 0.5) is 0 Å². The molecule has 12 heavy (non-hydrogen) atoms. The molecule has 0 saturated heterocycles. The Bertz CT molecular complexity index is 283. The second-order valence-corrected chi connectivity index (χ2v) is 3.03. The SMILES string of the molecule is O=C(O)CSC1=CC(=O)NC1=O. The minimum Gasteiger partial charge on any atom is -0.481 e. The number of carboxylic acids is 1. The molecule has 0 aromatic carbocycles. The molecule has 0 aromatic rings. The zero-order valence-corrected chi connectivity index (χ0v) is 6.68. The average Bonchev–Trinajstić information content (AvgIpc) is 2.26. The predicted octanol–water partition coefficient (Wildman–Crippen LogP) is -0.655. The number of nitrogens with one attached hydrogen (secondary N) is 1. The standard InChI is InChI=1S/C6H5NO4S/c8-4-1-3(6(11)7-4)12-2-5(9)10/h1H,2H2,(H,9,10)(H,7,8,11). The molecule has 1 aliphatic heterocycles. The van der Waals surface area contributed by atoms with Gasteiger partial charge < -0.3 is 5.11 Å². The number of thioether (sulfide) groups is 1. The van der Waals surface area contributed by atoms with Crippen molar-refractivity contribution >= 4 is 29.5 Å². The Hall–Kier alpha value is -1.30. The second-order valence-electron chi connectivity index (χ2n) is 2.01. The summed E-state index contributed by atoms with van der Waals surface area (Å²) in [7, 11) is 0. The normalized spacial score (nSPS) is 15.8. The molecule has 6 heteroatoms. The van der Waals surface area contributed by atoms with Gasteiger partial charge in [-0.1, -0.05) is 0 Å². The minimum atomic E-state index is -1.02. The van der Waals surface area contributed by atoms with Crippen LogP contribution in [0.3, 0.4) is 0 Å². The van der Waals surface area contributed by atoms with E-state index in [-0.39, 0.29) is 10.7 Å². The molecule has 0 aliphatic carbocycles. The van der Waals surface area contributed by atoms with E-state index in [0.29, 0.717) is 0 Å². The van der Waals surface area contributed by atoms with Crippen LogP contribution in [0.25, 0.3) is 0 Å². The van der Waals surface area contributed by atoms with Crippen LogP contribution in [0.5, 0.6) is 0 Å². The average molecular weight is 187 g/mol. The first-order chi connectivity index (χ1) is 5.59. The summed E-state index contributed by atoms with van der Waals surface area (Å²) < 4.78 is 0. The number of aliphatic carboxylic acids is 1. The summed E-state index contributed by atoms with van der Waals surface area (Å²) in [6.45, 7) is 0. The highest BCUT2D eigenvalue weighted by atomic mass is 32.2. The number of carboxylic acid groups (broad SMARTS) is 1. The fraction of sp³-hybridized carbons (Fsp3) is 0.167. The fourth-order valence-corrected chi connectivity index (χ4v) is 1.29. The quantitative estimate of drug-likeness (QED) is 0.573. The van der Waals surface area contributed by atoms with Gasteiger partial charge in [-0.2, -0.15) is 0 Å². The van der Waals surface area contributed by atoms with E-state index in [9.17, 15) is 14.4 Å². The molecule has 0 spiro atoms. The van der Waals surface area contributed by atoms with Gasteiger partial charge in [-0.25, -0.2) is 0 Å². The van der Waals surface area contributed by atoms with Crippen molar-refractivity contribution in [3.63, 3.8) is 0 Å². The first kappa shape index (κ1) is 8.79. The van der Waals surface area contributed by atoms with Gasteiger partial charge in [-0.15, -0.1) is 11.8 Å². The van der Waals surface area contributed by atoms with Gasteiger partial charge in [-0.05, 0) is 0 Å². The summed E-state index contributed by atoms with van der Waals surface area (Å²) >= 11 is 0.833. The van der Waals surface area contributed by atoms with E-state index in [1.54, 1.807) is 0 Å². The minimum absolute atomic E-state index is 0.155. The molecular formula is C6H5NO4S. The van der Waals surface area contributed by atoms with Crippen LogP contribution >= 0.6 is 11.8 Å². The molecule has 0 bridgehead atoms. The van der Waals surface area contributed by atoms with Crippen LogP contribution in [0.1, 0.15) is 0 Å². The monoisotopic (exact) mass is 187 g/mol. The van der Waals surface area contributed by atoms with Crippen molar-refractivity contribution in [3.8, 4) is 0 Å². The Labute approximate surface area is 71.8 Å². The third-order valence-electron chi connectivity index (χ3n) is 1.07. The van der Waals surface area contributed by atoms with Gasteiger partial charge in [0.05, 0.1) is 10.7 Å². The maximum Gasteiger partial charge on any atom is 0.313 e. The summed E-state index contributed by atoms with van der Waals surface area (Å²) in [6.07, 6.45) is 1.09. The number of imide groups is 1. The van der Waals surface area contributed by atoms with E-state index in [2.05, 4.69) is 0 Å². The lowest BCUT2D eigenvalue weighted by Gasteiger charge is -1.94. The Morgan fingerprint density at radius 2 is 2.25 bits per heavy atom. The second kappa shape index (κ2) is 3.40. The van der Waals surface area contributed by atoms with Crippen LogP contribution in [0.2, 0.25) is 0 Å². The Morgan fingerprint density at radius 3 is 2.67 bits per heavy atom. The highest BCUT2D eigenvalue weighted by Gasteiger charge is 2.21. The van der Waals surface area contributed by atoms with E-state index < -0.39 is 17.8 Å². The number of carbonyl (C=O) groups is 3. The molecule has 0 atom stereocenters. The number of carbonyl (C=O) groups excluding carboxylic acids is 2. The maximum atomic E-state index is 10.8. The van der Waals surface area contributed by atoms with E-state index in [1.165, 1.54) is 0 Å². The Morgan fingerprint density at radius 1 is 1.58 bits per heavy atom. The molecule has 0 radical (unpaired) electrons. The Balaban J connectivity index is 2.52. The molecule has 0 saturated carbocycles. The summed E-state index contributed by atoms with van der Waals surface area (Å²) in [5, 5.41) is 10.3. The van der Waals surface area contributed by atoms with Crippen LogP contribution < -0.4 is 5.32 Å². The van der Waals surface area contributed by atoms with Gasteiger partial charge >= 0.3 is 5.97 Å². The number of amides is 2. The van der Waals surface area contributed by atoms with E-state index in [0.717, 1.165) is 17.8 Å². The molecule has 5 nitrogen and oxygen atoms in total. The molecule has 64 valence electrons. The molecule has 2 N–H and O–H groups in total. The van der Waals surface area contributed by atoms with Crippen molar-refractivity contribution in [1.82, 2.24) is 5.32 Å². The third-order valence-corrected chi connectivity index (χ3v) is 2.08. The third kappa shape index (κ3) is 2.09. The van der Waals surface area contributed by atoms with Gasteiger partial charge in [-0.3, -0.25) is 19.7 Å². The number of rotatable bonds is 3. The molecule has 1 rings (SSSR count). The number of hydrogen-bond acceptors (Lipinski definition) is 4. The largest absolute Gasteiger partial charge is 0.481 e. The molecule has 0 aromatic heterocycles. The topological polar surface area (TPSA) is 83.5 Å². The zero-order chi connectivity index (χ0) is 9.14. The molecule has 0 fully saturated rings. The Kier molecular flexibility index (Phi) is 2.49.